The molecule has 0 saturated carbocycles. The molecule has 0 radical (unpaired) electrons. The first-order chi connectivity index (χ1) is 13.2. The standard InChI is InChI=1S/C22H33N3O3/c1-6-7-8-9-16(4)23-19(26)14-25-20(27)22(5,24-21(25)28)18-12-10-17(11-13-18)15(2)3/h10-13,15-16H,6-9,14H2,1-5H3,(H,23,26)(H,24,28)/t16-,22+/m0/s1. The molecular weight excluding hydrogens is 354 g/mol. The molecule has 0 bridgehead atoms. The van der Waals surface area contributed by atoms with Crippen molar-refractivity contribution in [3.05, 3.63) is 35.4 Å². The highest BCUT2D eigenvalue weighted by atomic mass is 16.2. The number of benzene rings is 1. The average molecular weight is 388 g/mol. The topological polar surface area (TPSA) is 78.5 Å². The van der Waals surface area contributed by atoms with Crippen molar-refractivity contribution in [2.24, 2.45) is 0 Å². The maximum Gasteiger partial charge on any atom is 0.325 e. The lowest BCUT2D eigenvalue weighted by Crippen LogP contribution is -2.45. The average Bonchev–Trinajstić information content (AvgIpc) is 2.86. The number of hydrogen-bond donors (Lipinski definition) is 2. The van der Waals surface area contributed by atoms with Crippen LogP contribution in [0.15, 0.2) is 24.3 Å². The zero-order chi connectivity index (χ0) is 20.9. The van der Waals surface area contributed by atoms with E-state index in [-0.39, 0.29) is 18.5 Å². The molecule has 1 aliphatic rings. The van der Waals surface area contributed by atoms with Crippen LogP contribution in [-0.2, 0) is 15.1 Å². The molecule has 2 atom stereocenters. The Morgan fingerprint density at radius 2 is 1.79 bits per heavy atom. The Labute approximate surface area is 168 Å². The molecule has 6 heteroatoms. The number of hydrogen-bond acceptors (Lipinski definition) is 3. The fourth-order valence-electron chi connectivity index (χ4n) is 3.47. The molecule has 0 spiro atoms. The van der Waals surface area contributed by atoms with E-state index in [1.165, 1.54) is 0 Å². The number of carbonyl (C=O) groups is 3. The van der Waals surface area contributed by atoms with Crippen LogP contribution in [0, 0.1) is 0 Å². The molecule has 1 fully saturated rings. The SMILES string of the molecule is CCCCC[C@H](C)NC(=O)CN1C(=O)N[C@](C)(c2ccc(C(C)C)cc2)C1=O. The second-order valence-electron chi connectivity index (χ2n) is 8.19. The van der Waals surface area contributed by atoms with Crippen LogP contribution >= 0.6 is 0 Å². The lowest BCUT2D eigenvalue weighted by atomic mass is 9.90. The molecular formula is C22H33N3O3. The van der Waals surface area contributed by atoms with Gasteiger partial charge in [0.15, 0.2) is 0 Å². The van der Waals surface area contributed by atoms with Crippen LogP contribution in [0.1, 0.15) is 77.3 Å². The van der Waals surface area contributed by atoms with Crippen LogP contribution in [0.25, 0.3) is 0 Å². The predicted molar refractivity (Wildman–Crippen MR) is 110 cm³/mol. The van der Waals surface area contributed by atoms with Gasteiger partial charge in [0, 0.05) is 6.04 Å². The first-order valence-corrected chi connectivity index (χ1v) is 10.2. The van der Waals surface area contributed by atoms with Crippen LogP contribution in [0.4, 0.5) is 4.79 Å². The number of urea groups is 1. The molecule has 1 heterocycles. The first kappa shape index (κ1) is 21.9. The number of rotatable bonds is 9. The Morgan fingerprint density at radius 3 is 2.36 bits per heavy atom. The number of nitrogens with one attached hydrogen (secondary N) is 2. The fourth-order valence-corrected chi connectivity index (χ4v) is 3.47. The van der Waals surface area contributed by atoms with Crippen molar-refractivity contribution in [2.75, 3.05) is 6.54 Å². The summed E-state index contributed by atoms with van der Waals surface area (Å²) >= 11 is 0. The van der Waals surface area contributed by atoms with E-state index in [9.17, 15) is 14.4 Å². The van der Waals surface area contributed by atoms with Gasteiger partial charge >= 0.3 is 6.03 Å². The van der Waals surface area contributed by atoms with E-state index < -0.39 is 17.5 Å². The highest BCUT2D eigenvalue weighted by molar-refractivity contribution is 6.09. The lowest BCUT2D eigenvalue weighted by Gasteiger charge is -2.23. The van der Waals surface area contributed by atoms with Crippen LogP contribution in [0.3, 0.4) is 0 Å². The third-order valence-electron chi connectivity index (χ3n) is 5.38. The zero-order valence-corrected chi connectivity index (χ0v) is 17.7. The Bertz CT molecular complexity index is 714. The highest BCUT2D eigenvalue weighted by Crippen LogP contribution is 2.29. The summed E-state index contributed by atoms with van der Waals surface area (Å²) in [5, 5.41) is 5.63. The van der Waals surface area contributed by atoms with Gasteiger partial charge in [-0.2, -0.15) is 0 Å². The number of imide groups is 1. The number of unbranched alkanes of at least 4 members (excludes halogenated alkanes) is 2. The highest BCUT2D eigenvalue weighted by Gasteiger charge is 2.49. The van der Waals surface area contributed by atoms with Gasteiger partial charge < -0.3 is 10.6 Å². The molecule has 4 amide bonds. The number of carbonyl (C=O) groups excluding carboxylic acids is 3. The summed E-state index contributed by atoms with van der Waals surface area (Å²) in [6.07, 6.45) is 4.19. The van der Waals surface area contributed by atoms with Gasteiger partial charge in [0.2, 0.25) is 5.91 Å². The van der Waals surface area contributed by atoms with Crippen molar-refractivity contribution in [3.8, 4) is 0 Å². The summed E-state index contributed by atoms with van der Waals surface area (Å²) in [4.78, 5) is 38.7. The Kier molecular flexibility index (Phi) is 7.22. The summed E-state index contributed by atoms with van der Waals surface area (Å²) < 4.78 is 0. The fraction of sp³-hybridized carbons (Fsp3) is 0.591. The van der Waals surface area contributed by atoms with Gasteiger partial charge in [-0.25, -0.2) is 4.79 Å². The molecule has 0 unspecified atom stereocenters. The molecule has 6 nitrogen and oxygen atoms in total. The second kappa shape index (κ2) is 9.22. The summed E-state index contributed by atoms with van der Waals surface area (Å²) in [6, 6.07) is 7.17. The lowest BCUT2D eigenvalue weighted by molar-refractivity contribution is -0.135. The smallest absolute Gasteiger partial charge is 0.325 e. The van der Waals surface area contributed by atoms with Gasteiger partial charge in [0.25, 0.3) is 5.91 Å². The molecule has 154 valence electrons. The predicted octanol–water partition coefficient (Wildman–Crippen LogP) is 3.66. The van der Waals surface area contributed by atoms with E-state index in [1.54, 1.807) is 6.92 Å². The molecule has 0 aliphatic carbocycles. The largest absolute Gasteiger partial charge is 0.352 e. The van der Waals surface area contributed by atoms with Crippen LogP contribution < -0.4 is 10.6 Å². The van der Waals surface area contributed by atoms with Crippen LogP contribution in [0.2, 0.25) is 0 Å². The first-order valence-electron chi connectivity index (χ1n) is 10.2. The van der Waals surface area contributed by atoms with Gasteiger partial charge in [0.05, 0.1) is 0 Å². The van der Waals surface area contributed by atoms with Gasteiger partial charge in [-0.05, 0) is 37.3 Å². The summed E-state index contributed by atoms with van der Waals surface area (Å²) in [5.74, 6) is -0.328. The summed E-state index contributed by atoms with van der Waals surface area (Å²) in [6.45, 7) is 9.70. The van der Waals surface area contributed by atoms with E-state index in [4.69, 9.17) is 0 Å². The quantitative estimate of drug-likeness (QED) is 0.501. The molecule has 28 heavy (non-hydrogen) atoms. The van der Waals surface area contributed by atoms with Gasteiger partial charge in [-0.15, -0.1) is 0 Å². The van der Waals surface area contributed by atoms with E-state index >= 15 is 0 Å². The van der Waals surface area contributed by atoms with E-state index in [0.717, 1.165) is 36.1 Å². The third kappa shape index (κ3) is 4.91. The Morgan fingerprint density at radius 1 is 1.14 bits per heavy atom. The minimum atomic E-state index is -1.15. The second-order valence-corrected chi connectivity index (χ2v) is 8.19. The van der Waals surface area contributed by atoms with Crippen LogP contribution in [-0.4, -0.2) is 35.3 Å². The van der Waals surface area contributed by atoms with E-state index in [0.29, 0.717) is 11.5 Å². The number of amides is 4. The van der Waals surface area contributed by atoms with Crippen molar-refractivity contribution in [3.63, 3.8) is 0 Å². The molecule has 1 saturated heterocycles. The Hall–Kier alpha value is -2.37. The molecule has 2 rings (SSSR count). The van der Waals surface area contributed by atoms with Crippen molar-refractivity contribution < 1.29 is 14.4 Å². The molecule has 0 aromatic heterocycles. The minimum Gasteiger partial charge on any atom is -0.352 e. The van der Waals surface area contributed by atoms with Crippen LogP contribution in [0.5, 0.6) is 0 Å². The maximum atomic E-state index is 13.0. The minimum absolute atomic E-state index is 0.0229. The Balaban J connectivity index is 2.03. The molecule has 2 N–H and O–H groups in total. The zero-order valence-electron chi connectivity index (χ0n) is 17.7. The normalized spacial score (nSPS) is 20.4. The summed E-state index contributed by atoms with van der Waals surface area (Å²) in [7, 11) is 0. The van der Waals surface area contributed by atoms with Crippen molar-refractivity contribution in [1.82, 2.24) is 15.5 Å². The molecule has 1 aromatic rings. The number of nitrogens with zero attached hydrogens (tertiary/aromatic N) is 1. The van der Waals surface area contributed by atoms with E-state index in [1.807, 2.05) is 31.2 Å². The van der Waals surface area contributed by atoms with Gasteiger partial charge in [-0.3, -0.25) is 14.5 Å². The van der Waals surface area contributed by atoms with Crippen molar-refractivity contribution in [2.45, 2.75) is 77.8 Å². The van der Waals surface area contributed by atoms with Crippen molar-refractivity contribution in [1.29, 1.82) is 0 Å². The maximum absolute atomic E-state index is 13.0. The third-order valence-corrected chi connectivity index (χ3v) is 5.38. The van der Waals surface area contributed by atoms with Gasteiger partial charge in [0.1, 0.15) is 12.1 Å². The molecule has 1 aromatic carbocycles. The molecule has 1 aliphatic heterocycles. The van der Waals surface area contributed by atoms with E-state index in [2.05, 4.69) is 31.4 Å². The van der Waals surface area contributed by atoms with Crippen molar-refractivity contribution >= 4 is 17.8 Å². The van der Waals surface area contributed by atoms with Gasteiger partial charge in [-0.1, -0.05) is 64.3 Å². The monoisotopic (exact) mass is 387 g/mol. The summed E-state index contributed by atoms with van der Waals surface area (Å²) in [5.41, 5.74) is 0.725.